The van der Waals surface area contributed by atoms with Gasteiger partial charge in [-0.3, -0.25) is 4.79 Å². The molecule has 1 fully saturated rings. The van der Waals surface area contributed by atoms with Gasteiger partial charge in [0.15, 0.2) is 5.78 Å². The molecule has 2 aliphatic heterocycles. The molecule has 5 rings (SSSR count). The van der Waals surface area contributed by atoms with Gasteiger partial charge in [0.25, 0.3) is 0 Å². The zero-order valence-electron chi connectivity index (χ0n) is 20.5. The number of hydrogen-bond acceptors (Lipinski definition) is 6. The van der Waals surface area contributed by atoms with E-state index in [0.717, 1.165) is 29.7 Å². The quantitative estimate of drug-likeness (QED) is 0.579. The second-order valence-corrected chi connectivity index (χ2v) is 9.58. The number of esters is 1. The minimum Gasteiger partial charge on any atom is -0.497 e. The third-order valence-corrected chi connectivity index (χ3v) is 7.26. The fourth-order valence-corrected chi connectivity index (χ4v) is 5.43. The highest BCUT2D eigenvalue weighted by atomic mass is 19.1. The Morgan fingerprint density at radius 3 is 2.47 bits per heavy atom. The molecule has 2 heterocycles. The van der Waals surface area contributed by atoms with Gasteiger partial charge in [0.2, 0.25) is 0 Å². The lowest BCUT2D eigenvalue weighted by molar-refractivity contribution is -0.142. The van der Waals surface area contributed by atoms with E-state index in [9.17, 15) is 14.0 Å². The standard InChI is InChI=1S/C29H30FNO5/c1-17-26(29(33)36-16-23-4-3-13-35-23)27(19-7-11-22(34-2)12-8-19)28-24(31-17)14-20(15-25(28)32)18-5-9-21(30)10-6-18/h5-12,20,23,27,31H,3-4,13-16H2,1-2H3/t20-,23-,27-/m0/s1. The number of methoxy groups -OCH3 is 1. The molecule has 1 aliphatic carbocycles. The molecule has 1 saturated heterocycles. The molecule has 0 radical (unpaired) electrons. The van der Waals surface area contributed by atoms with Crippen LogP contribution < -0.4 is 10.1 Å². The number of nitrogens with one attached hydrogen (secondary N) is 1. The van der Waals surface area contributed by atoms with E-state index >= 15 is 0 Å². The van der Waals surface area contributed by atoms with Crippen molar-refractivity contribution in [1.82, 2.24) is 5.32 Å². The molecule has 0 amide bonds. The van der Waals surface area contributed by atoms with Crippen molar-refractivity contribution in [1.29, 1.82) is 0 Å². The van der Waals surface area contributed by atoms with Crippen LogP contribution in [0.1, 0.15) is 55.6 Å². The maximum absolute atomic E-state index is 13.6. The van der Waals surface area contributed by atoms with Gasteiger partial charge in [0.05, 0.1) is 18.8 Å². The van der Waals surface area contributed by atoms with Gasteiger partial charge in [-0.05, 0) is 67.5 Å². The van der Waals surface area contributed by atoms with Crippen molar-refractivity contribution in [2.24, 2.45) is 0 Å². The van der Waals surface area contributed by atoms with Crippen molar-refractivity contribution >= 4 is 11.8 Å². The summed E-state index contributed by atoms with van der Waals surface area (Å²) < 4.78 is 30.1. The molecule has 2 aromatic rings. The summed E-state index contributed by atoms with van der Waals surface area (Å²) in [4.78, 5) is 27.0. The predicted molar refractivity (Wildman–Crippen MR) is 132 cm³/mol. The Balaban J connectivity index is 1.49. The maximum atomic E-state index is 13.6. The molecule has 1 N–H and O–H groups in total. The van der Waals surface area contributed by atoms with Crippen LogP contribution in [0.5, 0.6) is 5.75 Å². The number of carbonyl (C=O) groups excluding carboxylic acids is 2. The van der Waals surface area contributed by atoms with Gasteiger partial charge >= 0.3 is 5.97 Å². The molecule has 0 spiro atoms. The van der Waals surface area contributed by atoms with Gasteiger partial charge in [-0.2, -0.15) is 0 Å². The molecule has 6 nitrogen and oxygen atoms in total. The number of hydrogen-bond donors (Lipinski definition) is 1. The van der Waals surface area contributed by atoms with Crippen molar-refractivity contribution in [3.05, 3.63) is 88.0 Å². The molecule has 0 bridgehead atoms. The van der Waals surface area contributed by atoms with Crippen molar-refractivity contribution in [3.8, 4) is 5.75 Å². The first-order chi connectivity index (χ1) is 17.4. The number of ether oxygens (including phenoxy) is 3. The van der Waals surface area contributed by atoms with E-state index in [1.54, 1.807) is 19.2 Å². The summed E-state index contributed by atoms with van der Waals surface area (Å²) in [6.07, 6.45) is 2.61. The van der Waals surface area contributed by atoms with E-state index in [0.29, 0.717) is 35.6 Å². The molecular weight excluding hydrogens is 461 g/mol. The van der Waals surface area contributed by atoms with Crippen LogP contribution in [0, 0.1) is 5.82 Å². The molecule has 0 unspecified atom stereocenters. The van der Waals surface area contributed by atoms with Crippen molar-refractivity contribution < 1.29 is 28.2 Å². The highest BCUT2D eigenvalue weighted by Crippen LogP contribution is 2.46. The molecule has 3 atom stereocenters. The Kier molecular flexibility index (Phi) is 6.92. The first kappa shape index (κ1) is 24.3. The minimum atomic E-state index is -0.550. The molecule has 36 heavy (non-hydrogen) atoms. The zero-order chi connectivity index (χ0) is 25.2. The fraction of sp³-hybridized carbons (Fsp3) is 0.379. The summed E-state index contributed by atoms with van der Waals surface area (Å²) >= 11 is 0. The average molecular weight is 492 g/mol. The number of halogens is 1. The number of benzene rings is 2. The summed E-state index contributed by atoms with van der Waals surface area (Å²) in [6.45, 7) is 2.71. The largest absolute Gasteiger partial charge is 0.497 e. The van der Waals surface area contributed by atoms with E-state index in [1.165, 1.54) is 12.1 Å². The van der Waals surface area contributed by atoms with Crippen LogP contribution in [0.4, 0.5) is 4.39 Å². The normalized spacial score (nSPS) is 23.9. The lowest BCUT2D eigenvalue weighted by atomic mass is 9.71. The van der Waals surface area contributed by atoms with Gasteiger partial charge in [0.1, 0.15) is 18.2 Å². The molecule has 3 aliphatic rings. The monoisotopic (exact) mass is 491 g/mol. The van der Waals surface area contributed by atoms with E-state index in [-0.39, 0.29) is 36.7 Å². The number of carbonyl (C=O) groups is 2. The highest BCUT2D eigenvalue weighted by Gasteiger charge is 2.41. The number of Topliss-reactive ketones (excluding diaryl/α,β-unsaturated/α-hetero) is 1. The first-order valence-electron chi connectivity index (χ1n) is 12.4. The Morgan fingerprint density at radius 1 is 1.08 bits per heavy atom. The van der Waals surface area contributed by atoms with E-state index < -0.39 is 11.9 Å². The topological polar surface area (TPSA) is 73.9 Å². The first-order valence-corrected chi connectivity index (χ1v) is 12.4. The Labute approximate surface area is 210 Å². The summed E-state index contributed by atoms with van der Waals surface area (Å²) in [5.41, 5.74) is 4.23. The minimum absolute atomic E-state index is 0.0316. The fourth-order valence-electron chi connectivity index (χ4n) is 5.43. The van der Waals surface area contributed by atoms with Crippen molar-refractivity contribution in [2.45, 2.75) is 50.5 Å². The zero-order valence-corrected chi connectivity index (χ0v) is 20.5. The van der Waals surface area contributed by atoms with Crippen LogP contribution in [-0.2, 0) is 19.1 Å². The van der Waals surface area contributed by atoms with Crippen LogP contribution in [-0.4, -0.2) is 38.2 Å². The number of rotatable bonds is 6. The van der Waals surface area contributed by atoms with E-state index in [1.807, 2.05) is 31.2 Å². The smallest absolute Gasteiger partial charge is 0.336 e. The number of ketones is 1. The van der Waals surface area contributed by atoms with Gasteiger partial charge in [-0.15, -0.1) is 0 Å². The van der Waals surface area contributed by atoms with Crippen molar-refractivity contribution in [3.63, 3.8) is 0 Å². The van der Waals surface area contributed by atoms with Crippen LogP contribution in [0.2, 0.25) is 0 Å². The molecule has 188 valence electrons. The summed E-state index contributed by atoms with van der Waals surface area (Å²) in [5.74, 6) is -0.711. The predicted octanol–water partition coefficient (Wildman–Crippen LogP) is 4.92. The molecule has 0 aromatic heterocycles. The Morgan fingerprint density at radius 2 is 1.81 bits per heavy atom. The molecule has 7 heteroatoms. The lowest BCUT2D eigenvalue weighted by Crippen LogP contribution is -2.36. The van der Waals surface area contributed by atoms with Gasteiger partial charge < -0.3 is 19.5 Å². The average Bonchev–Trinajstić information content (AvgIpc) is 3.40. The van der Waals surface area contributed by atoms with Gasteiger partial charge in [-0.1, -0.05) is 24.3 Å². The van der Waals surface area contributed by atoms with E-state index in [4.69, 9.17) is 14.2 Å². The van der Waals surface area contributed by atoms with Crippen LogP contribution in [0.15, 0.2) is 71.1 Å². The van der Waals surface area contributed by atoms with Crippen LogP contribution in [0.3, 0.4) is 0 Å². The van der Waals surface area contributed by atoms with Crippen molar-refractivity contribution in [2.75, 3.05) is 20.3 Å². The maximum Gasteiger partial charge on any atom is 0.336 e. The van der Waals surface area contributed by atoms with Crippen LogP contribution >= 0.6 is 0 Å². The molecule has 0 saturated carbocycles. The summed E-state index contributed by atoms with van der Waals surface area (Å²) in [7, 11) is 1.60. The summed E-state index contributed by atoms with van der Waals surface area (Å²) in [5, 5.41) is 3.35. The number of allylic oxidation sites excluding steroid dienone is 3. The molecule has 2 aromatic carbocycles. The second kappa shape index (κ2) is 10.3. The second-order valence-electron chi connectivity index (χ2n) is 9.58. The van der Waals surface area contributed by atoms with Gasteiger partial charge in [-0.25, -0.2) is 9.18 Å². The third kappa shape index (κ3) is 4.80. The highest BCUT2D eigenvalue weighted by molar-refractivity contribution is 6.04. The SMILES string of the molecule is COc1ccc([C@H]2C(C(=O)OC[C@@H]3CCCO3)=C(C)NC3=C2C(=O)C[C@@H](c2ccc(F)cc2)C3)cc1. The summed E-state index contributed by atoms with van der Waals surface area (Å²) in [6, 6.07) is 13.8. The Hall–Kier alpha value is -3.45. The lowest BCUT2D eigenvalue weighted by Gasteiger charge is -2.36. The third-order valence-electron chi connectivity index (χ3n) is 7.26. The number of dihydropyridines is 1. The molecular formula is C29H30FNO5. The Bertz CT molecular complexity index is 1210. The van der Waals surface area contributed by atoms with Crippen LogP contribution in [0.25, 0.3) is 0 Å². The van der Waals surface area contributed by atoms with E-state index in [2.05, 4.69) is 5.32 Å². The van der Waals surface area contributed by atoms with Gasteiger partial charge in [0, 0.05) is 35.9 Å².